The van der Waals surface area contributed by atoms with E-state index < -0.39 is 0 Å². The SMILES string of the molecule is Cc1noc2nc(-c3ccc(F)cc3)cc(C(=O)NC(C)c3ccn(C)n3)c12. The largest absolute Gasteiger partial charge is 0.344 e. The molecule has 4 aromatic rings. The van der Waals surface area contributed by atoms with Gasteiger partial charge in [0.25, 0.3) is 11.6 Å². The Hall–Kier alpha value is -3.55. The minimum Gasteiger partial charge on any atom is -0.344 e. The minimum absolute atomic E-state index is 0.259. The van der Waals surface area contributed by atoms with Crippen LogP contribution in [0.3, 0.4) is 0 Å². The van der Waals surface area contributed by atoms with E-state index in [2.05, 4.69) is 20.6 Å². The van der Waals surface area contributed by atoms with Crippen molar-refractivity contribution in [3.63, 3.8) is 0 Å². The molecule has 3 heterocycles. The minimum atomic E-state index is -0.345. The zero-order valence-electron chi connectivity index (χ0n) is 15.6. The molecule has 142 valence electrons. The maximum Gasteiger partial charge on any atom is 0.259 e. The van der Waals surface area contributed by atoms with Crippen molar-refractivity contribution in [3.8, 4) is 11.3 Å². The fourth-order valence-electron chi connectivity index (χ4n) is 3.05. The van der Waals surface area contributed by atoms with Gasteiger partial charge in [0.05, 0.1) is 34.1 Å². The lowest BCUT2D eigenvalue weighted by Gasteiger charge is -2.13. The van der Waals surface area contributed by atoms with E-state index in [1.165, 1.54) is 12.1 Å². The molecule has 1 N–H and O–H groups in total. The Morgan fingerprint density at radius 2 is 2.00 bits per heavy atom. The van der Waals surface area contributed by atoms with E-state index in [0.29, 0.717) is 27.9 Å². The standard InChI is InChI=1S/C20H18FN5O2/c1-11(16-8-9-26(3)24-16)22-19(27)15-10-17(13-4-6-14(21)7-5-13)23-20-18(15)12(2)25-28-20/h4-11H,1-3H3,(H,22,27). The van der Waals surface area contributed by atoms with Gasteiger partial charge < -0.3 is 9.84 Å². The van der Waals surface area contributed by atoms with Crippen molar-refractivity contribution >= 4 is 17.0 Å². The van der Waals surface area contributed by atoms with E-state index in [9.17, 15) is 9.18 Å². The van der Waals surface area contributed by atoms with Gasteiger partial charge in [-0.1, -0.05) is 5.16 Å². The summed E-state index contributed by atoms with van der Waals surface area (Å²) in [6, 6.07) is 9.12. The lowest BCUT2D eigenvalue weighted by atomic mass is 10.0. The number of rotatable bonds is 4. The van der Waals surface area contributed by atoms with Gasteiger partial charge in [-0.25, -0.2) is 9.37 Å². The predicted octanol–water partition coefficient (Wildman–Crippen LogP) is 3.56. The smallest absolute Gasteiger partial charge is 0.259 e. The topological polar surface area (TPSA) is 85.8 Å². The van der Waals surface area contributed by atoms with Crippen molar-refractivity contribution in [1.82, 2.24) is 25.2 Å². The maximum absolute atomic E-state index is 13.3. The van der Waals surface area contributed by atoms with Crippen molar-refractivity contribution in [2.45, 2.75) is 19.9 Å². The molecule has 8 heteroatoms. The normalized spacial score (nSPS) is 12.3. The van der Waals surface area contributed by atoms with E-state index in [0.717, 1.165) is 5.69 Å². The summed E-state index contributed by atoms with van der Waals surface area (Å²) < 4.78 is 20.2. The van der Waals surface area contributed by atoms with Crippen LogP contribution in [0, 0.1) is 12.7 Å². The molecule has 0 bridgehead atoms. The average molecular weight is 379 g/mol. The number of hydrogen-bond acceptors (Lipinski definition) is 5. The summed E-state index contributed by atoms with van der Waals surface area (Å²) in [6.45, 7) is 3.62. The lowest BCUT2D eigenvalue weighted by molar-refractivity contribution is 0.0940. The van der Waals surface area contributed by atoms with Crippen LogP contribution in [0.5, 0.6) is 0 Å². The highest BCUT2D eigenvalue weighted by molar-refractivity contribution is 6.07. The fraction of sp³-hybridized carbons (Fsp3) is 0.200. The van der Waals surface area contributed by atoms with Crippen LogP contribution in [0.1, 0.15) is 34.7 Å². The summed E-state index contributed by atoms with van der Waals surface area (Å²) in [5.41, 5.74) is 3.15. The third-order valence-electron chi connectivity index (χ3n) is 4.53. The van der Waals surface area contributed by atoms with Crippen LogP contribution in [0.25, 0.3) is 22.4 Å². The first kappa shape index (κ1) is 17.8. The van der Waals surface area contributed by atoms with Gasteiger partial charge in [0.1, 0.15) is 5.82 Å². The monoisotopic (exact) mass is 379 g/mol. The van der Waals surface area contributed by atoms with Crippen LogP contribution in [0.15, 0.2) is 47.1 Å². The van der Waals surface area contributed by atoms with Crippen molar-refractivity contribution in [1.29, 1.82) is 0 Å². The van der Waals surface area contributed by atoms with E-state index in [4.69, 9.17) is 4.52 Å². The Kier molecular flexibility index (Phi) is 4.38. The first-order chi connectivity index (χ1) is 13.4. The molecule has 7 nitrogen and oxygen atoms in total. The molecule has 0 aliphatic carbocycles. The molecule has 0 aliphatic heterocycles. The summed E-state index contributed by atoms with van der Waals surface area (Å²) in [5, 5.41) is 11.8. The van der Waals surface area contributed by atoms with Gasteiger partial charge in [0.2, 0.25) is 0 Å². The zero-order valence-corrected chi connectivity index (χ0v) is 15.6. The number of halogens is 1. The molecule has 1 unspecified atom stereocenters. The van der Waals surface area contributed by atoms with Crippen molar-refractivity contribution in [2.75, 3.05) is 0 Å². The van der Waals surface area contributed by atoms with Gasteiger partial charge in [-0.2, -0.15) is 5.10 Å². The molecule has 28 heavy (non-hydrogen) atoms. The van der Waals surface area contributed by atoms with Crippen LogP contribution in [0.2, 0.25) is 0 Å². The molecule has 4 rings (SSSR count). The molecule has 0 radical (unpaired) electrons. The maximum atomic E-state index is 13.3. The highest BCUT2D eigenvalue weighted by Crippen LogP contribution is 2.27. The molecule has 0 spiro atoms. The van der Waals surface area contributed by atoms with Crippen LogP contribution in [0.4, 0.5) is 4.39 Å². The Labute approximate surface area is 160 Å². The molecule has 1 atom stereocenters. The summed E-state index contributed by atoms with van der Waals surface area (Å²) in [4.78, 5) is 17.5. The number of nitrogens with zero attached hydrogens (tertiary/aromatic N) is 4. The fourth-order valence-corrected chi connectivity index (χ4v) is 3.05. The van der Waals surface area contributed by atoms with Gasteiger partial charge in [0.15, 0.2) is 0 Å². The molecular weight excluding hydrogens is 361 g/mol. The number of carbonyl (C=O) groups is 1. The second-order valence-electron chi connectivity index (χ2n) is 6.62. The number of amides is 1. The van der Waals surface area contributed by atoms with Crippen LogP contribution >= 0.6 is 0 Å². The Balaban J connectivity index is 1.75. The molecule has 0 aliphatic rings. The van der Waals surface area contributed by atoms with Crippen molar-refractivity contribution < 1.29 is 13.7 Å². The number of pyridine rings is 1. The number of aryl methyl sites for hydroxylation is 2. The number of benzene rings is 1. The second-order valence-corrected chi connectivity index (χ2v) is 6.62. The summed E-state index contributed by atoms with van der Waals surface area (Å²) in [7, 11) is 1.82. The predicted molar refractivity (Wildman–Crippen MR) is 101 cm³/mol. The number of nitrogens with one attached hydrogen (secondary N) is 1. The molecule has 3 aromatic heterocycles. The second kappa shape index (κ2) is 6.88. The third kappa shape index (κ3) is 3.24. The van der Waals surface area contributed by atoms with Crippen molar-refractivity contribution in [3.05, 3.63) is 65.4 Å². The summed E-state index contributed by atoms with van der Waals surface area (Å²) in [6.07, 6.45) is 1.82. The van der Waals surface area contributed by atoms with Gasteiger partial charge in [-0.15, -0.1) is 0 Å². The molecule has 0 fully saturated rings. The van der Waals surface area contributed by atoms with E-state index in [1.807, 2.05) is 26.2 Å². The van der Waals surface area contributed by atoms with E-state index in [1.54, 1.807) is 29.8 Å². The van der Waals surface area contributed by atoms with Gasteiger partial charge >= 0.3 is 0 Å². The Morgan fingerprint density at radius 3 is 2.68 bits per heavy atom. The zero-order chi connectivity index (χ0) is 19.8. The lowest BCUT2D eigenvalue weighted by Crippen LogP contribution is -2.27. The van der Waals surface area contributed by atoms with Gasteiger partial charge in [-0.3, -0.25) is 9.48 Å². The molecule has 1 aromatic carbocycles. The summed E-state index contributed by atoms with van der Waals surface area (Å²) >= 11 is 0. The highest BCUT2D eigenvalue weighted by Gasteiger charge is 2.21. The summed E-state index contributed by atoms with van der Waals surface area (Å²) in [5.74, 6) is -0.636. The quantitative estimate of drug-likeness (QED) is 0.586. The van der Waals surface area contributed by atoms with Gasteiger partial charge in [-0.05, 0) is 50.2 Å². The number of carbonyl (C=O) groups excluding carboxylic acids is 1. The molecule has 0 saturated carbocycles. The van der Waals surface area contributed by atoms with E-state index in [-0.39, 0.29) is 23.5 Å². The van der Waals surface area contributed by atoms with Crippen LogP contribution in [-0.2, 0) is 7.05 Å². The number of hydrogen-bond donors (Lipinski definition) is 1. The highest BCUT2D eigenvalue weighted by atomic mass is 19.1. The Morgan fingerprint density at radius 1 is 1.25 bits per heavy atom. The first-order valence-electron chi connectivity index (χ1n) is 8.76. The number of fused-ring (bicyclic) bond motifs is 1. The van der Waals surface area contributed by atoms with E-state index >= 15 is 0 Å². The van der Waals surface area contributed by atoms with Crippen molar-refractivity contribution in [2.24, 2.45) is 7.05 Å². The number of aromatic nitrogens is 4. The first-order valence-corrected chi connectivity index (χ1v) is 8.76. The van der Waals surface area contributed by atoms with Crippen LogP contribution in [-0.4, -0.2) is 25.8 Å². The molecular formula is C20H18FN5O2. The Bertz CT molecular complexity index is 1160. The van der Waals surface area contributed by atoms with Crippen LogP contribution < -0.4 is 5.32 Å². The molecule has 1 amide bonds. The molecule has 0 saturated heterocycles. The average Bonchev–Trinajstić information content (AvgIpc) is 3.28. The third-order valence-corrected chi connectivity index (χ3v) is 4.53. The van der Waals surface area contributed by atoms with Gasteiger partial charge in [0, 0.05) is 18.8 Å².